The Kier molecular flexibility index (Phi) is 5.27. The second-order valence-corrected chi connectivity index (χ2v) is 6.84. The Morgan fingerprint density at radius 3 is 2.92 bits per heavy atom. The summed E-state index contributed by atoms with van der Waals surface area (Å²) in [5.74, 6) is 0.881. The van der Waals surface area contributed by atoms with Crippen molar-refractivity contribution in [2.45, 2.75) is 45.6 Å². The zero-order chi connectivity index (χ0) is 17.8. The quantitative estimate of drug-likeness (QED) is 0.814. The molecular formula is C21H26N2O2. The van der Waals surface area contributed by atoms with Gasteiger partial charge in [0, 0.05) is 5.69 Å². The summed E-state index contributed by atoms with van der Waals surface area (Å²) in [4.78, 5) is 12.3. The van der Waals surface area contributed by atoms with Crippen molar-refractivity contribution in [1.29, 1.82) is 0 Å². The highest BCUT2D eigenvalue weighted by atomic mass is 16.5. The number of nitrogen functional groups attached to an aromatic ring is 1. The monoisotopic (exact) mass is 338 g/mol. The predicted octanol–water partition coefficient (Wildman–Crippen LogP) is 3.85. The van der Waals surface area contributed by atoms with Gasteiger partial charge in [-0.05, 0) is 73.6 Å². The Bertz CT molecular complexity index is 770. The number of anilines is 1. The van der Waals surface area contributed by atoms with Crippen LogP contribution in [0.2, 0.25) is 0 Å². The number of nitrogens with two attached hydrogens (primary N) is 1. The number of fused-ring (bicyclic) bond motifs is 1. The molecule has 1 amide bonds. The van der Waals surface area contributed by atoms with Crippen molar-refractivity contribution < 1.29 is 9.53 Å². The van der Waals surface area contributed by atoms with Gasteiger partial charge in [0.1, 0.15) is 5.75 Å². The van der Waals surface area contributed by atoms with E-state index < -0.39 is 0 Å². The van der Waals surface area contributed by atoms with Gasteiger partial charge < -0.3 is 15.8 Å². The molecule has 0 aromatic heterocycles. The predicted molar refractivity (Wildman–Crippen MR) is 101 cm³/mol. The van der Waals surface area contributed by atoms with Crippen LogP contribution in [0.1, 0.15) is 47.6 Å². The van der Waals surface area contributed by atoms with Crippen LogP contribution in [0.5, 0.6) is 5.75 Å². The van der Waals surface area contributed by atoms with E-state index in [-0.39, 0.29) is 11.9 Å². The topological polar surface area (TPSA) is 64.3 Å². The Hall–Kier alpha value is -2.49. The first kappa shape index (κ1) is 17.3. The number of ether oxygens (including phenoxy) is 1. The minimum atomic E-state index is 0.0278. The Morgan fingerprint density at radius 1 is 1.24 bits per heavy atom. The minimum Gasteiger partial charge on any atom is -0.493 e. The van der Waals surface area contributed by atoms with Gasteiger partial charge in [0.2, 0.25) is 5.91 Å². The van der Waals surface area contributed by atoms with E-state index in [0.29, 0.717) is 13.0 Å². The molecule has 0 aliphatic heterocycles. The smallest absolute Gasteiger partial charge is 0.223 e. The van der Waals surface area contributed by atoms with E-state index in [1.54, 1.807) is 0 Å². The van der Waals surface area contributed by atoms with E-state index in [1.807, 2.05) is 44.2 Å². The van der Waals surface area contributed by atoms with Crippen molar-refractivity contribution >= 4 is 11.6 Å². The maximum atomic E-state index is 12.3. The van der Waals surface area contributed by atoms with Crippen molar-refractivity contribution in [3.8, 4) is 5.75 Å². The molecule has 25 heavy (non-hydrogen) atoms. The van der Waals surface area contributed by atoms with Gasteiger partial charge in [-0.15, -0.1) is 0 Å². The Balaban J connectivity index is 1.54. The molecule has 1 aliphatic rings. The fourth-order valence-electron chi connectivity index (χ4n) is 3.37. The molecule has 0 bridgehead atoms. The standard InChI is InChI=1S/C21H26N2O2/c1-14-6-7-15(2)20(12-14)25-11-10-21(24)23-19-5-3-4-16-13-17(22)8-9-18(16)19/h6-9,12-13,19H,3-5,10-11,22H2,1-2H3,(H,23,24). The van der Waals surface area contributed by atoms with Crippen LogP contribution in [-0.4, -0.2) is 12.5 Å². The molecule has 0 saturated heterocycles. The number of carbonyl (C=O) groups is 1. The van der Waals surface area contributed by atoms with Gasteiger partial charge in [-0.3, -0.25) is 4.79 Å². The molecule has 2 aromatic rings. The summed E-state index contributed by atoms with van der Waals surface area (Å²) in [5, 5.41) is 3.15. The molecule has 0 radical (unpaired) electrons. The normalized spacial score (nSPS) is 16.2. The fourth-order valence-corrected chi connectivity index (χ4v) is 3.37. The molecular weight excluding hydrogens is 312 g/mol. The van der Waals surface area contributed by atoms with Gasteiger partial charge >= 0.3 is 0 Å². The van der Waals surface area contributed by atoms with Crippen molar-refractivity contribution in [1.82, 2.24) is 5.32 Å². The fraction of sp³-hybridized carbons (Fsp3) is 0.381. The van der Waals surface area contributed by atoms with Crippen LogP contribution in [0.3, 0.4) is 0 Å². The van der Waals surface area contributed by atoms with Gasteiger partial charge in [-0.25, -0.2) is 0 Å². The van der Waals surface area contributed by atoms with E-state index in [1.165, 1.54) is 11.1 Å². The maximum Gasteiger partial charge on any atom is 0.223 e. The van der Waals surface area contributed by atoms with E-state index in [4.69, 9.17) is 10.5 Å². The number of hydrogen-bond acceptors (Lipinski definition) is 3. The highest BCUT2D eigenvalue weighted by molar-refractivity contribution is 5.76. The SMILES string of the molecule is Cc1ccc(C)c(OCCC(=O)NC2CCCc3cc(N)ccc32)c1. The maximum absolute atomic E-state index is 12.3. The molecule has 0 heterocycles. The summed E-state index contributed by atoms with van der Waals surface area (Å²) in [5.41, 5.74) is 11.3. The third kappa shape index (κ3) is 4.32. The van der Waals surface area contributed by atoms with E-state index in [0.717, 1.165) is 41.8 Å². The summed E-state index contributed by atoms with van der Waals surface area (Å²) in [7, 11) is 0. The molecule has 3 rings (SSSR count). The molecule has 1 unspecified atom stereocenters. The van der Waals surface area contributed by atoms with Crippen molar-refractivity contribution in [2.24, 2.45) is 0 Å². The summed E-state index contributed by atoms with van der Waals surface area (Å²) >= 11 is 0. The first-order chi connectivity index (χ1) is 12.0. The van der Waals surface area contributed by atoms with Gasteiger partial charge in [-0.2, -0.15) is 0 Å². The van der Waals surface area contributed by atoms with Crippen LogP contribution in [0.4, 0.5) is 5.69 Å². The second kappa shape index (κ2) is 7.60. The lowest BCUT2D eigenvalue weighted by Crippen LogP contribution is -2.31. The van der Waals surface area contributed by atoms with Crippen LogP contribution in [0.25, 0.3) is 0 Å². The first-order valence-electron chi connectivity index (χ1n) is 8.90. The summed E-state index contributed by atoms with van der Waals surface area (Å²) < 4.78 is 5.79. The number of nitrogens with one attached hydrogen (secondary N) is 1. The zero-order valence-corrected chi connectivity index (χ0v) is 15.0. The van der Waals surface area contributed by atoms with Crippen LogP contribution < -0.4 is 15.8 Å². The van der Waals surface area contributed by atoms with Gasteiger partial charge in [0.05, 0.1) is 19.1 Å². The molecule has 1 atom stereocenters. The van der Waals surface area contributed by atoms with E-state index >= 15 is 0 Å². The molecule has 0 saturated carbocycles. The highest BCUT2D eigenvalue weighted by Crippen LogP contribution is 2.31. The average molecular weight is 338 g/mol. The number of carbonyl (C=O) groups excluding carboxylic acids is 1. The largest absolute Gasteiger partial charge is 0.493 e. The Morgan fingerprint density at radius 2 is 2.08 bits per heavy atom. The lowest BCUT2D eigenvalue weighted by Gasteiger charge is -2.26. The average Bonchev–Trinajstić information content (AvgIpc) is 2.58. The molecule has 0 fully saturated rings. The van der Waals surface area contributed by atoms with Gasteiger partial charge in [0.25, 0.3) is 0 Å². The molecule has 1 aliphatic carbocycles. The number of benzene rings is 2. The molecule has 3 N–H and O–H groups in total. The molecule has 4 nitrogen and oxygen atoms in total. The van der Waals surface area contributed by atoms with Crippen molar-refractivity contribution in [2.75, 3.05) is 12.3 Å². The second-order valence-electron chi connectivity index (χ2n) is 6.84. The van der Waals surface area contributed by atoms with Crippen LogP contribution >= 0.6 is 0 Å². The summed E-state index contributed by atoms with van der Waals surface area (Å²) in [6, 6.07) is 12.2. The third-order valence-corrected chi connectivity index (χ3v) is 4.75. The molecule has 132 valence electrons. The van der Waals surface area contributed by atoms with Crippen LogP contribution in [0, 0.1) is 13.8 Å². The lowest BCUT2D eigenvalue weighted by molar-refractivity contribution is -0.122. The molecule has 4 heteroatoms. The van der Waals surface area contributed by atoms with Crippen LogP contribution in [0.15, 0.2) is 36.4 Å². The zero-order valence-electron chi connectivity index (χ0n) is 15.0. The number of amides is 1. The third-order valence-electron chi connectivity index (χ3n) is 4.75. The summed E-state index contributed by atoms with van der Waals surface area (Å²) in [6.07, 6.45) is 3.43. The Labute approximate surface area is 149 Å². The molecule has 0 spiro atoms. The van der Waals surface area contributed by atoms with E-state index in [2.05, 4.69) is 11.4 Å². The number of rotatable bonds is 5. The van der Waals surface area contributed by atoms with Crippen molar-refractivity contribution in [3.63, 3.8) is 0 Å². The highest BCUT2D eigenvalue weighted by Gasteiger charge is 2.21. The first-order valence-corrected chi connectivity index (χ1v) is 8.90. The van der Waals surface area contributed by atoms with Crippen molar-refractivity contribution in [3.05, 3.63) is 58.7 Å². The summed E-state index contributed by atoms with van der Waals surface area (Å²) in [6.45, 7) is 4.43. The van der Waals surface area contributed by atoms with Gasteiger partial charge in [-0.1, -0.05) is 18.2 Å². The lowest BCUT2D eigenvalue weighted by atomic mass is 9.87. The minimum absolute atomic E-state index is 0.0278. The molecule has 2 aromatic carbocycles. The van der Waals surface area contributed by atoms with E-state index in [9.17, 15) is 4.79 Å². The van der Waals surface area contributed by atoms with Gasteiger partial charge in [0.15, 0.2) is 0 Å². The van der Waals surface area contributed by atoms with Crippen LogP contribution in [-0.2, 0) is 11.2 Å². The number of aryl methyl sites for hydroxylation is 3. The number of hydrogen-bond donors (Lipinski definition) is 2.